The number of pyridine rings is 1. The van der Waals surface area contributed by atoms with Crippen molar-refractivity contribution >= 4 is 70.0 Å². The molecule has 1 aliphatic heterocycles. The minimum Gasteiger partial charge on any atom is -0.490 e. The van der Waals surface area contributed by atoms with E-state index in [-0.39, 0.29) is 26.2 Å². The summed E-state index contributed by atoms with van der Waals surface area (Å²) >= 11 is 9.17. The van der Waals surface area contributed by atoms with E-state index >= 15 is 0 Å². The maximum absolute atomic E-state index is 13.1. The average Bonchev–Trinajstić information content (AvgIpc) is 3.87. The van der Waals surface area contributed by atoms with Crippen LogP contribution in [0.1, 0.15) is 72.9 Å². The summed E-state index contributed by atoms with van der Waals surface area (Å²) in [5.74, 6) is 1.18. The number of carbonyl (C=O) groups is 3. The number of nitrogen functional groups attached to an aromatic ring is 2. The Hall–Kier alpha value is -4.93. The Balaban J connectivity index is 1.20. The number of anilines is 3. The van der Waals surface area contributed by atoms with Crippen molar-refractivity contribution in [3.63, 3.8) is 0 Å². The number of nitrogens with one attached hydrogen (secondary N) is 2. The van der Waals surface area contributed by atoms with Crippen LogP contribution in [0.3, 0.4) is 0 Å². The molecule has 1 atom stereocenters. The summed E-state index contributed by atoms with van der Waals surface area (Å²) in [6.07, 6.45) is 1.34. The van der Waals surface area contributed by atoms with Gasteiger partial charge in [-0.05, 0) is 97.1 Å². The Kier molecular flexibility index (Phi) is 15.6. The van der Waals surface area contributed by atoms with Crippen LogP contribution >= 0.6 is 34.7 Å². The molecule has 6 N–H and O–H groups in total. The molecular formula is C42H54ClN7O7S2. The topological polar surface area (TPSA) is 193 Å². The first-order valence-corrected chi connectivity index (χ1v) is 21.7. The lowest BCUT2D eigenvalue weighted by Gasteiger charge is -2.23. The molecule has 14 nitrogen and oxygen atoms in total. The number of amides is 2. The van der Waals surface area contributed by atoms with Crippen LogP contribution in [-0.2, 0) is 24.8 Å². The maximum Gasteiger partial charge on any atom is 0.408 e. The van der Waals surface area contributed by atoms with Crippen molar-refractivity contribution in [2.45, 2.75) is 95.2 Å². The van der Waals surface area contributed by atoms with Gasteiger partial charge in [0.2, 0.25) is 0 Å². The smallest absolute Gasteiger partial charge is 0.408 e. The molecule has 2 aromatic carbocycles. The molecule has 17 heteroatoms. The highest BCUT2D eigenvalue weighted by atomic mass is 35.5. The number of thioether (sulfide) groups is 1. The molecule has 0 bridgehead atoms. The van der Waals surface area contributed by atoms with Crippen LogP contribution in [0.2, 0.25) is 5.02 Å². The van der Waals surface area contributed by atoms with E-state index in [4.69, 9.17) is 52.0 Å². The second kappa shape index (κ2) is 20.4. The van der Waals surface area contributed by atoms with Crippen molar-refractivity contribution in [2.75, 3.05) is 49.2 Å². The van der Waals surface area contributed by atoms with Gasteiger partial charge < -0.3 is 45.9 Å². The number of aromatic nitrogens is 2. The third-order valence-corrected chi connectivity index (χ3v) is 10.9. The number of hydrogen-bond acceptors (Lipinski definition) is 14. The summed E-state index contributed by atoms with van der Waals surface area (Å²) in [6.45, 7) is 12.4. The molecule has 2 aromatic heterocycles. The zero-order valence-electron chi connectivity index (χ0n) is 34.4. The number of rotatable bonds is 16. The maximum atomic E-state index is 13.1. The predicted octanol–water partition coefficient (Wildman–Crippen LogP) is 8.70. The molecule has 0 unspecified atom stereocenters. The predicted molar refractivity (Wildman–Crippen MR) is 235 cm³/mol. The largest absolute Gasteiger partial charge is 0.490 e. The fourth-order valence-corrected chi connectivity index (χ4v) is 7.94. The van der Waals surface area contributed by atoms with E-state index in [1.165, 1.54) is 11.8 Å². The summed E-state index contributed by atoms with van der Waals surface area (Å²) in [5.41, 5.74) is 16.7. The van der Waals surface area contributed by atoms with Crippen molar-refractivity contribution in [1.82, 2.24) is 20.6 Å². The van der Waals surface area contributed by atoms with E-state index in [2.05, 4.69) is 15.5 Å². The number of benzene rings is 2. The van der Waals surface area contributed by atoms with E-state index in [0.29, 0.717) is 44.9 Å². The molecule has 4 aromatic rings. The number of nitrogens with zero attached hydrogens (tertiary/aromatic N) is 3. The Morgan fingerprint density at radius 3 is 2.19 bits per heavy atom. The van der Waals surface area contributed by atoms with Gasteiger partial charge in [0.25, 0.3) is 0 Å². The standard InChI is InChI=1S/C42H54ClN7O7S2/c1-41(2,3)56-39(52)46-19-9-10-31(48-40(53)57-42(4,5)6)38(51)55-23-22-54-30-17-13-26(14-18-30)32-33(44)35(50-20-7-8-21-50)49-37(34(32)45)59-25-29-24-58-36(47-29)27-11-15-28(43)16-12-27/h11-18,24,31H,7-10,19-23,25,44-45H2,1-6H3,(H,46,52)(H,48,53)/t31-/m0/s1. The Morgan fingerprint density at radius 1 is 0.881 bits per heavy atom. The van der Waals surface area contributed by atoms with Crippen LogP contribution in [0.4, 0.5) is 26.8 Å². The van der Waals surface area contributed by atoms with Crippen molar-refractivity contribution in [1.29, 1.82) is 0 Å². The van der Waals surface area contributed by atoms with Gasteiger partial charge in [-0.25, -0.2) is 24.4 Å². The number of thiazole rings is 1. The van der Waals surface area contributed by atoms with Gasteiger partial charge in [0.1, 0.15) is 46.2 Å². The monoisotopic (exact) mass is 867 g/mol. The van der Waals surface area contributed by atoms with Gasteiger partial charge in [0.15, 0.2) is 5.82 Å². The Morgan fingerprint density at radius 2 is 1.53 bits per heavy atom. The summed E-state index contributed by atoms with van der Waals surface area (Å²) in [7, 11) is 0. The van der Waals surface area contributed by atoms with Gasteiger partial charge in [0, 0.05) is 46.9 Å². The highest BCUT2D eigenvalue weighted by Gasteiger charge is 2.27. The van der Waals surface area contributed by atoms with Crippen molar-refractivity contribution in [3.05, 3.63) is 64.6 Å². The number of alkyl carbamates (subject to hydrolysis) is 2. The normalized spacial score (nSPS) is 13.4. The van der Waals surface area contributed by atoms with Gasteiger partial charge in [-0.2, -0.15) is 0 Å². The van der Waals surface area contributed by atoms with E-state index in [1.807, 2.05) is 41.8 Å². The lowest BCUT2D eigenvalue weighted by molar-refractivity contribution is -0.147. The lowest BCUT2D eigenvalue weighted by Crippen LogP contribution is -2.45. The van der Waals surface area contributed by atoms with Crippen LogP contribution in [0.25, 0.3) is 21.7 Å². The average molecular weight is 869 g/mol. The van der Waals surface area contributed by atoms with Gasteiger partial charge in [-0.1, -0.05) is 47.6 Å². The van der Waals surface area contributed by atoms with E-state index in [9.17, 15) is 14.4 Å². The zero-order chi connectivity index (χ0) is 42.7. The van der Waals surface area contributed by atoms with Gasteiger partial charge in [0.05, 0.1) is 17.1 Å². The first kappa shape index (κ1) is 45.2. The van der Waals surface area contributed by atoms with Gasteiger partial charge in [-0.3, -0.25) is 0 Å². The summed E-state index contributed by atoms with van der Waals surface area (Å²) in [5, 5.41) is 9.55. The molecule has 3 heterocycles. The van der Waals surface area contributed by atoms with Crippen molar-refractivity contribution in [3.8, 4) is 27.4 Å². The molecule has 1 fully saturated rings. The number of esters is 1. The van der Waals surface area contributed by atoms with Gasteiger partial charge in [-0.15, -0.1) is 11.3 Å². The zero-order valence-corrected chi connectivity index (χ0v) is 36.8. The van der Waals surface area contributed by atoms with E-state index in [1.54, 1.807) is 65.0 Å². The van der Waals surface area contributed by atoms with Crippen LogP contribution in [0.5, 0.6) is 5.75 Å². The summed E-state index contributed by atoms with van der Waals surface area (Å²) < 4.78 is 22.0. The first-order chi connectivity index (χ1) is 28.0. The van der Waals surface area contributed by atoms with Crippen LogP contribution in [0.15, 0.2) is 58.9 Å². The SMILES string of the molecule is CC(C)(C)OC(=O)NCCC[C@H](NC(=O)OC(C)(C)C)C(=O)OCCOc1ccc(-c2c(N)c(SCc3csc(-c4ccc(Cl)cc4)n3)nc(N3CCCC3)c2N)cc1. The quantitative estimate of drug-likeness (QED) is 0.0362. The molecule has 0 aliphatic carbocycles. The molecule has 5 rings (SSSR count). The molecule has 2 amide bonds. The number of hydrogen-bond donors (Lipinski definition) is 4. The molecule has 1 saturated heterocycles. The van der Waals surface area contributed by atoms with Crippen molar-refractivity contribution < 1.29 is 33.3 Å². The second-order valence-electron chi connectivity index (χ2n) is 15.9. The number of carbonyl (C=O) groups excluding carboxylic acids is 3. The molecule has 59 heavy (non-hydrogen) atoms. The minimum absolute atomic E-state index is 0.0558. The van der Waals surface area contributed by atoms with Crippen LogP contribution in [-0.4, -0.2) is 78.2 Å². The highest BCUT2D eigenvalue weighted by molar-refractivity contribution is 7.98. The third-order valence-electron chi connectivity index (χ3n) is 8.68. The van der Waals surface area contributed by atoms with Crippen molar-refractivity contribution in [2.24, 2.45) is 0 Å². The molecule has 1 aliphatic rings. The minimum atomic E-state index is -1.01. The molecule has 318 valence electrons. The number of halogens is 1. The van der Waals surface area contributed by atoms with E-state index < -0.39 is 35.4 Å². The summed E-state index contributed by atoms with van der Waals surface area (Å²) in [6, 6.07) is 14.0. The molecule has 0 saturated carbocycles. The molecule has 0 spiro atoms. The second-order valence-corrected chi connectivity index (χ2v) is 18.1. The first-order valence-electron chi connectivity index (χ1n) is 19.5. The Bertz CT molecular complexity index is 2050. The fraction of sp³-hybridized carbons (Fsp3) is 0.452. The summed E-state index contributed by atoms with van der Waals surface area (Å²) in [4.78, 5) is 49.6. The number of ether oxygens (including phenoxy) is 4. The van der Waals surface area contributed by atoms with Crippen LogP contribution in [0, 0.1) is 0 Å². The van der Waals surface area contributed by atoms with Crippen LogP contribution < -0.4 is 31.7 Å². The third kappa shape index (κ3) is 13.8. The lowest BCUT2D eigenvalue weighted by atomic mass is 10.0. The van der Waals surface area contributed by atoms with Gasteiger partial charge >= 0.3 is 18.2 Å². The fourth-order valence-electron chi connectivity index (χ4n) is 6.04. The van der Waals surface area contributed by atoms with E-state index in [0.717, 1.165) is 53.6 Å². The molecule has 0 radical (unpaired) electrons. The number of nitrogens with two attached hydrogens (primary N) is 2. The highest BCUT2D eigenvalue weighted by Crippen LogP contribution is 2.44. The Labute approximate surface area is 359 Å². The molecular weight excluding hydrogens is 814 g/mol.